The van der Waals surface area contributed by atoms with Gasteiger partial charge in [0.15, 0.2) is 17.1 Å². The highest BCUT2D eigenvalue weighted by Crippen LogP contribution is 2.38. The van der Waals surface area contributed by atoms with Gasteiger partial charge in [-0.15, -0.1) is 0 Å². The summed E-state index contributed by atoms with van der Waals surface area (Å²) in [6, 6.07) is 31.6. The quantitative estimate of drug-likeness (QED) is 0.216. The van der Waals surface area contributed by atoms with Gasteiger partial charge in [-0.2, -0.15) is 0 Å². The van der Waals surface area contributed by atoms with Gasteiger partial charge in [0.2, 0.25) is 0 Å². The van der Waals surface area contributed by atoms with E-state index in [4.69, 9.17) is 0 Å². The van der Waals surface area contributed by atoms with Crippen LogP contribution in [0.1, 0.15) is 76.8 Å². The molecular weight excluding hydrogens is 520 g/mol. The summed E-state index contributed by atoms with van der Waals surface area (Å²) in [5.41, 5.74) is 2.02. The van der Waals surface area contributed by atoms with Crippen molar-refractivity contribution in [2.45, 2.75) is 69.4 Å². The maximum atomic E-state index is 14.2. The first kappa shape index (κ1) is 27.9. The minimum Gasteiger partial charge on any atom is -0.335 e. The Balaban J connectivity index is 1.23. The number of urea groups is 1. The van der Waals surface area contributed by atoms with Gasteiger partial charge in [0.1, 0.15) is 0 Å². The topological polar surface area (TPSA) is 66.5 Å². The third kappa shape index (κ3) is 5.61. The van der Waals surface area contributed by atoms with Gasteiger partial charge in [0, 0.05) is 23.7 Å². The number of aryl methyl sites for hydroxylation is 2. The van der Waals surface area contributed by atoms with E-state index in [9.17, 15) is 14.4 Å². The number of hydrogen-bond donors (Lipinski definition) is 1. The van der Waals surface area contributed by atoms with Crippen LogP contribution in [0.5, 0.6) is 0 Å². The number of benzene rings is 4. The molecule has 2 amide bonds. The van der Waals surface area contributed by atoms with Gasteiger partial charge in [-0.25, -0.2) is 4.79 Å². The molecule has 1 aliphatic heterocycles. The number of Topliss-reactive ketones (excluding diaryl/α,β-unsaturated/α-hetero) is 2. The fraction of sp³-hybridized carbons (Fsp3) is 0.324. The fourth-order valence-electron chi connectivity index (χ4n) is 6.77. The van der Waals surface area contributed by atoms with Crippen molar-refractivity contribution in [1.29, 1.82) is 0 Å². The van der Waals surface area contributed by atoms with Crippen LogP contribution in [0.2, 0.25) is 0 Å². The summed E-state index contributed by atoms with van der Waals surface area (Å²) in [6.07, 6.45) is 7.25. The second kappa shape index (κ2) is 12.3. The first-order chi connectivity index (χ1) is 20.5. The molecule has 0 saturated carbocycles. The normalized spacial score (nSPS) is 15.9. The number of likely N-dealkylation sites (tertiary alicyclic amines) is 1. The Labute approximate surface area is 247 Å². The number of rotatable bonds is 9. The van der Waals surface area contributed by atoms with E-state index in [1.165, 1.54) is 11.1 Å². The zero-order valence-corrected chi connectivity index (χ0v) is 24.1. The van der Waals surface area contributed by atoms with E-state index in [1.807, 2.05) is 36.4 Å². The molecule has 3 aliphatic carbocycles. The second-order valence-electron chi connectivity index (χ2n) is 11.8. The fourth-order valence-corrected chi connectivity index (χ4v) is 6.77. The minimum absolute atomic E-state index is 0.0542. The summed E-state index contributed by atoms with van der Waals surface area (Å²) in [5, 5.41) is 5.17. The Bertz CT molecular complexity index is 1480. The number of hydrogen-bond acceptors (Lipinski definition) is 3. The molecule has 1 fully saturated rings. The highest BCUT2D eigenvalue weighted by Gasteiger charge is 2.54. The van der Waals surface area contributed by atoms with Crippen molar-refractivity contribution in [2.24, 2.45) is 0 Å². The maximum absolute atomic E-state index is 14.2. The monoisotopic (exact) mass is 558 g/mol. The molecule has 4 bridgehead atoms. The van der Waals surface area contributed by atoms with Crippen LogP contribution in [0.15, 0.2) is 97.1 Å². The SMILES string of the molecule is O=C(NC(CCCc1ccccc1)CCCc1ccccc1)N1CCCCC12C(=O)c1ccc3cc(ccc3c1)C2=O. The van der Waals surface area contributed by atoms with Crippen LogP contribution in [0.4, 0.5) is 4.79 Å². The number of fused-ring (bicyclic) bond motifs is 2. The number of nitrogens with zero attached hydrogens (tertiary/aromatic N) is 1. The lowest BCUT2D eigenvalue weighted by Gasteiger charge is -2.45. The van der Waals surface area contributed by atoms with Crippen molar-refractivity contribution in [3.05, 3.63) is 119 Å². The van der Waals surface area contributed by atoms with Crippen molar-refractivity contribution in [1.82, 2.24) is 10.2 Å². The standard InChI is InChI=1S/C37H38N2O3/c40-34-31-21-19-29-25-32(22-20-30(29)26-31)35(41)37(34)23-7-8-24-39(37)36(42)38-33(17-9-15-27-11-3-1-4-12-27)18-10-16-28-13-5-2-6-14-28/h1-6,11-14,19-22,25-26,33H,7-10,15-18,23-24H2,(H,38,42). The van der Waals surface area contributed by atoms with Crippen LogP contribution >= 0.6 is 0 Å². The largest absolute Gasteiger partial charge is 0.335 e. The molecule has 214 valence electrons. The first-order valence-corrected chi connectivity index (χ1v) is 15.3. The summed E-state index contributed by atoms with van der Waals surface area (Å²) in [6.45, 7) is 0.380. The predicted octanol–water partition coefficient (Wildman–Crippen LogP) is 7.57. The average molecular weight is 559 g/mol. The van der Waals surface area contributed by atoms with Crippen molar-refractivity contribution in [2.75, 3.05) is 6.54 Å². The van der Waals surface area contributed by atoms with Crippen molar-refractivity contribution in [3.8, 4) is 0 Å². The smallest absolute Gasteiger partial charge is 0.318 e. The molecule has 0 atom stereocenters. The molecule has 5 nitrogen and oxygen atoms in total. The van der Waals surface area contributed by atoms with E-state index in [0.717, 1.165) is 62.1 Å². The van der Waals surface area contributed by atoms with E-state index >= 15 is 0 Å². The number of nitrogens with one attached hydrogen (secondary N) is 1. The van der Waals surface area contributed by atoms with Gasteiger partial charge in [-0.05, 0) is 91.8 Å². The second-order valence-corrected chi connectivity index (χ2v) is 11.8. The van der Waals surface area contributed by atoms with Crippen LogP contribution in [-0.2, 0) is 12.8 Å². The molecule has 1 N–H and O–H groups in total. The molecule has 4 aliphatic rings. The molecule has 42 heavy (non-hydrogen) atoms. The van der Waals surface area contributed by atoms with Crippen LogP contribution in [0.25, 0.3) is 10.8 Å². The average Bonchev–Trinajstić information content (AvgIpc) is 3.10. The van der Waals surface area contributed by atoms with Crippen molar-refractivity contribution < 1.29 is 14.4 Å². The Hall–Kier alpha value is -4.25. The van der Waals surface area contributed by atoms with Gasteiger partial charge < -0.3 is 10.2 Å². The Morgan fingerprint density at radius 3 is 1.76 bits per heavy atom. The van der Waals surface area contributed by atoms with Gasteiger partial charge in [0.05, 0.1) is 0 Å². The molecule has 1 saturated heterocycles. The Kier molecular flexibility index (Phi) is 8.18. The Morgan fingerprint density at radius 1 is 0.714 bits per heavy atom. The maximum Gasteiger partial charge on any atom is 0.318 e. The van der Waals surface area contributed by atoms with E-state index in [-0.39, 0.29) is 23.6 Å². The third-order valence-electron chi connectivity index (χ3n) is 9.04. The molecule has 1 heterocycles. The highest BCUT2D eigenvalue weighted by molar-refractivity contribution is 6.26. The zero-order chi connectivity index (χ0) is 28.9. The lowest BCUT2D eigenvalue weighted by molar-refractivity contribution is 0.0425. The number of piperidine rings is 1. The van der Waals surface area contributed by atoms with Crippen molar-refractivity contribution in [3.63, 3.8) is 0 Å². The number of carbonyl (C=O) groups excluding carboxylic acids is 3. The first-order valence-electron chi connectivity index (χ1n) is 15.3. The van der Waals surface area contributed by atoms with Crippen LogP contribution < -0.4 is 5.32 Å². The molecular formula is C37H38N2O3. The molecule has 0 unspecified atom stereocenters. The number of amides is 2. The molecule has 0 aromatic heterocycles. The summed E-state index contributed by atoms with van der Waals surface area (Å²) in [4.78, 5) is 44.2. The van der Waals surface area contributed by atoms with Crippen molar-refractivity contribution >= 4 is 28.4 Å². The lowest BCUT2D eigenvalue weighted by atomic mass is 9.75. The molecule has 5 heteroatoms. The van der Waals surface area contributed by atoms with Gasteiger partial charge >= 0.3 is 6.03 Å². The third-order valence-corrected chi connectivity index (χ3v) is 9.04. The molecule has 8 rings (SSSR count). The van der Waals surface area contributed by atoms with Crippen LogP contribution in [-0.4, -0.2) is 40.6 Å². The zero-order valence-electron chi connectivity index (χ0n) is 24.1. The summed E-state index contributed by atoms with van der Waals surface area (Å²) in [7, 11) is 0. The lowest BCUT2D eigenvalue weighted by Crippen LogP contribution is -2.66. The van der Waals surface area contributed by atoms with E-state index in [2.05, 4.69) is 53.8 Å². The molecule has 4 aromatic carbocycles. The Morgan fingerprint density at radius 2 is 1.24 bits per heavy atom. The minimum atomic E-state index is -1.53. The van der Waals surface area contributed by atoms with Gasteiger partial charge in [0.25, 0.3) is 0 Å². The number of carbonyl (C=O) groups is 3. The van der Waals surface area contributed by atoms with Gasteiger partial charge in [-0.1, -0.05) is 84.9 Å². The summed E-state index contributed by atoms with van der Waals surface area (Å²) in [5.74, 6) is -0.535. The predicted molar refractivity (Wildman–Crippen MR) is 167 cm³/mol. The van der Waals surface area contributed by atoms with Crippen LogP contribution in [0.3, 0.4) is 0 Å². The summed E-state index contributed by atoms with van der Waals surface area (Å²) < 4.78 is 0. The molecule has 4 aromatic rings. The number of ketones is 2. The molecule has 1 spiro atoms. The molecule has 0 radical (unpaired) electrons. The summed E-state index contributed by atoms with van der Waals surface area (Å²) >= 11 is 0. The van der Waals surface area contributed by atoms with E-state index in [1.54, 1.807) is 17.0 Å². The van der Waals surface area contributed by atoms with Gasteiger partial charge in [-0.3, -0.25) is 9.59 Å². The van der Waals surface area contributed by atoms with E-state index < -0.39 is 5.54 Å². The van der Waals surface area contributed by atoms with E-state index in [0.29, 0.717) is 24.1 Å². The highest BCUT2D eigenvalue weighted by atomic mass is 16.2. The van der Waals surface area contributed by atoms with Crippen LogP contribution in [0, 0.1) is 0 Å².